The van der Waals surface area contributed by atoms with Gasteiger partial charge in [-0.1, -0.05) is 12.8 Å². The number of methoxy groups -OCH3 is 1. The Bertz CT molecular complexity index is 721. The van der Waals surface area contributed by atoms with Crippen molar-refractivity contribution in [1.82, 2.24) is 0 Å². The van der Waals surface area contributed by atoms with Crippen molar-refractivity contribution in [2.45, 2.75) is 36.0 Å². The van der Waals surface area contributed by atoms with E-state index in [0.717, 1.165) is 13.2 Å². The first kappa shape index (κ1) is 16.7. The summed E-state index contributed by atoms with van der Waals surface area (Å²) in [6.45, 7) is 0. The second kappa shape index (κ2) is 5.49. The number of carbonyl (C=O) groups is 1. The number of halogens is 2. The van der Waals surface area contributed by atoms with Crippen LogP contribution in [0.25, 0.3) is 0 Å². The molecule has 5 nitrogen and oxygen atoms in total. The third kappa shape index (κ3) is 2.45. The first-order valence-electron chi connectivity index (χ1n) is 6.65. The number of carboxylic acids is 1. The quantitative estimate of drug-likeness (QED) is 0.913. The van der Waals surface area contributed by atoms with Crippen LogP contribution in [0.4, 0.5) is 8.78 Å². The van der Waals surface area contributed by atoms with Gasteiger partial charge in [0.15, 0.2) is 21.4 Å². The first-order valence-corrected chi connectivity index (χ1v) is 8.54. The third-order valence-corrected chi connectivity index (χ3v) is 5.20. The average molecular weight is 334 g/mol. The Labute approximate surface area is 126 Å². The second-order valence-corrected chi connectivity index (χ2v) is 7.40. The minimum atomic E-state index is -4.15. The molecule has 1 N–H and O–H groups in total. The van der Waals surface area contributed by atoms with Crippen molar-refractivity contribution in [3.8, 4) is 5.75 Å². The molecule has 0 radical (unpaired) electrons. The standard InChI is InChI=1S/C14H16F2O5S/c1-21-11-8(14(13(17)18)5-3-4-6-14)7-9(15)12(10(11)16)22(2,19)20/h7H,3-6H2,1-2H3,(H,17,18). The van der Waals surface area contributed by atoms with Gasteiger partial charge in [0.25, 0.3) is 0 Å². The number of rotatable bonds is 4. The summed E-state index contributed by atoms with van der Waals surface area (Å²) >= 11 is 0. The fourth-order valence-electron chi connectivity index (χ4n) is 3.06. The number of ether oxygens (including phenoxy) is 1. The van der Waals surface area contributed by atoms with Crippen LogP contribution >= 0.6 is 0 Å². The summed E-state index contributed by atoms with van der Waals surface area (Å²) in [5.74, 6) is -4.41. The Kier molecular flexibility index (Phi) is 4.16. The summed E-state index contributed by atoms with van der Waals surface area (Å²) in [5.41, 5.74) is -1.61. The molecule has 0 spiro atoms. The maximum Gasteiger partial charge on any atom is 0.314 e. The molecule has 0 bridgehead atoms. The molecule has 1 fully saturated rings. The van der Waals surface area contributed by atoms with Gasteiger partial charge in [-0.05, 0) is 18.9 Å². The van der Waals surface area contributed by atoms with E-state index in [-0.39, 0.29) is 18.4 Å². The molecule has 0 saturated heterocycles. The molecule has 8 heteroatoms. The summed E-state index contributed by atoms with van der Waals surface area (Å²) in [6.07, 6.45) is 2.32. The third-order valence-electron chi connectivity index (χ3n) is 4.09. The first-order chi connectivity index (χ1) is 10.1. The van der Waals surface area contributed by atoms with Crippen LogP contribution in [0, 0.1) is 11.6 Å². The molecule has 0 aromatic heterocycles. The Balaban J connectivity index is 2.82. The van der Waals surface area contributed by atoms with Gasteiger partial charge >= 0.3 is 5.97 Å². The molecule has 0 heterocycles. The van der Waals surface area contributed by atoms with Crippen molar-refractivity contribution in [3.05, 3.63) is 23.3 Å². The number of aliphatic carboxylic acids is 1. The van der Waals surface area contributed by atoms with Crippen molar-refractivity contribution in [3.63, 3.8) is 0 Å². The molecular formula is C14H16F2O5S. The van der Waals surface area contributed by atoms with E-state index in [9.17, 15) is 27.1 Å². The fourth-order valence-corrected chi connectivity index (χ4v) is 3.89. The summed E-state index contributed by atoms with van der Waals surface area (Å²) < 4.78 is 56.5. The van der Waals surface area contributed by atoms with E-state index in [1.807, 2.05) is 0 Å². The van der Waals surface area contributed by atoms with Crippen LogP contribution < -0.4 is 4.74 Å². The Morgan fingerprint density at radius 3 is 2.27 bits per heavy atom. The zero-order chi connectivity index (χ0) is 16.7. The van der Waals surface area contributed by atoms with Crippen molar-refractivity contribution in [2.75, 3.05) is 13.4 Å². The Morgan fingerprint density at radius 2 is 1.86 bits per heavy atom. The molecule has 0 amide bonds. The number of benzene rings is 1. The van der Waals surface area contributed by atoms with E-state index in [1.165, 1.54) is 0 Å². The average Bonchev–Trinajstić information content (AvgIpc) is 2.86. The van der Waals surface area contributed by atoms with Crippen LogP contribution in [-0.4, -0.2) is 32.9 Å². The number of hydrogen-bond acceptors (Lipinski definition) is 4. The lowest BCUT2D eigenvalue weighted by molar-refractivity contribution is -0.143. The van der Waals surface area contributed by atoms with Crippen molar-refractivity contribution in [2.24, 2.45) is 0 Å². The van der Waals surface area contributed by atoms with Gasteiger partial charge in [0.2, 0.25) is 0 Å². The van der Waals surface area contributed by atoms with Crippen molar-refractivity contribution >= 4 is 15.8 Å². The van der Waals surface area contributed by atoms with Gasteiger partial charge in [0.05, 0.1) is 12.5 Å². The number of hydrogen-bond donors (Lipinski definition) is 1. The van der Waals surface area contributed by atoms with Crippen LogP contribution in [0.5, 0.6) is 5.75 Å². The molecule has 1 saturated carbocycles. The summed E-state index contributed by atoms with van der Waals surface area (Å²) in [5, 5.41) is 9.53. The topological polar surface area (TPSA) is 80.7 Å². The second-order valence-electron chi connectivity index (χ2n) is 5.45. The molecule has 1 aliphatic carbocycles. The van der Waals surface area contributed by atoms with Crippen LogP contribution in [0.2, 0.25) is 0 Å². The predicted octanol–water partition coefficient (Wildman–Crippen LogP) is 2.27. The Hall–Kier alpha value is -1.70. The van der Waals surface area contributed by atoms with E-state index < -0.39 is 43.5 Å². The highest BCUT2D eigenvalue weighted by Gasteiger charge is 2.46. The molecular weight excluding hydrogens is 318 g/mol. The number of carboxylic acid groups (broad SMARTS) is 1. The van der Waals surface area contributed by atoms with Crippen molar-refractivity contribution in [1.29, 1.82) is 0 Å². The lowest BCUT2D eigenvalue weighted by Gasteiger charge is -2.27. The molecule has 0 aliphatic heterocycles. The van der Waals surface area contributed by atoms with Crippen LogP contribution in [0.1, 0.15) is 31.2 Å². The van der Waals surface area contributed by atoms with Gasteiger partial charge in [0.1, 0.15) is 10.7 Å². The molecule has 22 heavy (non-hydrogen) atoms. The number of sulfone groups is 1. The molecule has 2 rings (SSSR count). The smallest absolute Gasteiger partial charge is 0.314 e. The maximum atomic E-state index is 14.4. The van der Waals surface area contributed by atoms with E-state index in [4.69, 9.17) is 4.74 Å². The van der Waals surface area contributed by atoms with Crippen molar-refractivity contribution < 1.29 is 31.8 Å². The lowest BCUT2D eigenvalue weighted by Crippen LogP contribution is -2.33. The van der Waals surface area contributed by atoms with E-state index >= 15 is 0 Å². The maximum absolute atomic E-state index is 14.4. The fraction of sp³-hybridized carbons (Fsp3) is 0.500. The summed E-state index contributed by atoms with van der Waals surface area (Å²) in [6, 6.07) is 0.776. The minimum absolute atomic E-state index is 0.151. The predicted molar refractivity (Wildman–Crippen MR) is 73.8 cm³/mol. The van der Waals surface area contributed by atoms with Gasteiger partial charge in [0, 0.05) is 11.8 Å². The van der Waals surface area contributed by atoms with Gasteiger partial charge in [-0.3, -0.25) is 4.79 Å². The normalized spacial score (nSPS) is 17.5. The van der Waals surface area contributed by atoms with E-state index in [0.29, 0.717) is 19.1 Å². The Morgan fingerprint density at radius 1 is 1.32 bits per heavy atom. The molecule has 0 unspecified atom stereocenters. The van der Waals surface area contributed by atoms with Gasteiger partial charge in [-0.15, -0.1) is 0 Å². The summed E-state index contributed by atoms with van der Waals surface area (Å²) in [7, 11) is -3.06. The highest BCUT2D eigenvalue weighted by molar-refractivity contribution is 7.90. The summed E-state index contributed by atoms with van der Waals surface area (Å²) in [4.78, 5) is 10.6. The lowest BCUT2D eigenvalue weighted by atomic mass is 9.78. The highest BCUT2D eigenvalue weighted by atomic mass is 32.2. The molecule has 122 valence electrons. The van der Waals surface area contributed by atoms with Gasteiger partial charge in [-0.2, -0.15) is 0 Å². The van der Waals surface area contributed by atoms with E-state index in [2.05, 4.69) is 0 Å². The monoisotopic (exact) mass is 334 g/mol. The molecule has 1 aliphatic rings. The minimum Gasteiger partial charge on any atom is -0.493 e. The van der Waals surface area contributed by atoms with Gasteiger partial charge < -0.3 is 9.84 Å². The highest BCUT2D eigenvalue weighted by Crippen LogP contribution is 2.47. The molecule has 1 aromatic carbocycles. The van der Waals surface area contributed by atoms with Crippen LogP contribution in [0.3, 0.4) is 0 Å². The largest absolute Gasteiger partial charge is 0.493 e. The van der Waals surface area contributed by atoms with E-state index in [1.54, 1.807) is 0 Å². The molecule has 0 atom stereocenters. The van der Waals surface area contributed by atoms with Gasteiger partial charge in [-0.25, -0.2) is 17.2 Å². The zero-order valence-corrected chi connectivity index (χ0v) is 13.0. The zero-order valence-electron chi connectivity index (χ0n) is 12.2. The van der Waals surface area contributed by atoms with Crippen LogP contribution in [-0.2, 0) is 20.0 Å². The molecule has 1 aromatic rings. The van der Waals surface area contributed by atoms with Crippen LogP contribution in [0.15, 0.2) is 11.0 Å². The SMILES string of the molecule is COc1c(C2(C(=O)O)CCCC2)cc(F)c(S(C)(=O)=O)c1F.